The lowest BCUT2D eigenvalue weighted by Gasteiger charge is -2.40. The highest BCUT2D eigenvalue weighted by atomic mass is 16.5. The van der Waals surface area contributed by atoms with Gasteiger partial charge in [-0.15, -0.1) is 0 Å². The molecule has 3 aliphatic rings. The van der Waals surface area contributed by atoms with E-state index in [2.05, 4.69) is 25.8 Å². The summed E-state index contributed by atoms with van der Waals surface area (Å²) >= 11 is 0. The highest BCUT2D eigenvalue weighted by Crippen LogP contribution is 2.49. The molecule has 0 radical (unpaired) electrons. The average molecular weight is 503 g/mol. The van der Waals surface area contributed by atoms with Crippen molar-refractivity contribution in [3.8, 4) is 5.75 Å². The predicted octanol–water partition coefficient (Wildman–Crippen LogP) is 6.34. The standard InChI is InChI=1S/C31H38N2O4/c1-5-6-7-8-16-36-23-14-12-22(13-15-23)28-27-29(34)24-17-19(2)20(3)18-25(24)37-30(27)31(35)33(28)26-11-9-10-21(4)32-26/h9-15,19-20,24-25,28H,5-8,16-18H2,1-4H3. The molecule has 1 saturated carbocycles. The number of hydrogen-bond donors (Lipinski definition) is 0. The molecular formula is C31H38N2O4. The Morgan fingerprint density at radius 2 is 1.76 bits per heavy atom. The molecule has 5 atom stereocenters. The molecule has 1 amide bonds. The molecule has 5 unspecified atom stereocenters. The van der Waals surface area contributed by atoms with Crippen molar-refractivity contribution in [2.24, 2.45) is 17.8 Å². The van der Waals surface area contributed by atoms with Gasteiger partial charge in [-0.25, -0.2) is 4.98 Å². The van der Waals surface area contributed by atoms with E-state index in [1.807, 2.05) is 49.4 Å². The van der Waals surface area contributed by atoms with E-state index in [0.29, 0.717) is 29.8 Å². The summed E-state index contributed by atoms with van der Waals surface area (Å²) in [6.45, 7) is 9.19. The van der Waals surface area contributed by atoms with Crippen molar-refractivity contribution in [2.75, 3.05) is 11.5 Å². The van der Waals surface area contributed by atoms with Crippen LogP contribution >= 0.6 is 0 Å². The summed E-state index contributed by atoms with van der Waals surface area (Å²) in [5.74, 6) is 1.97. The van der Waals surface area contributed by atoms with Gasteiger partial charge in [-0.3, -0.25) is 14.5 Å². The molecule has 0 spiro atoms. The average Bonchev–Trinajstić information content (AvgIpc) is 3.18. The van der Waals surface area contributed by atoms with Gasteiger partial charge in [-0.05, 0) is 67.9 Å². The number of hydrogen-bond acceptors (Lipinski definition) is 5. The predicted molar refractivity (Wildman–Crippen MR) is 143 cm³/mol. The highest BCUT2D eigenvalue weighted by Gasteiger charge is 2.54. The van der Waals surface area contributed by atoms with Gasteiger partial charge in [0.05, 0.1) is 24.1 Å². The second kappa shape index (κ2) is 10.7. The van der Waals surface area contributed by atoms with E-state index in [9.17, 15) is 9.59 Å². The third-order valence-corrected chi connectivity index (χ3v) is 8.29. The van der Waals surface area contributed by atoms with Gasteiger partial charge in [0.15, 0.2) is 11.5 Å². The normalized spacial score (nSPS) is 27.1. The third-order valence-electron chi connectivity index (χ3n) is 8.29. The Labute approximate surface area is 220 Å². The summed E-state index contributed by atoms with van der Waals surface area (Å²) in [5, 5.41) is 0. The molecule has 1 aliphatic carbocycles. The van der Waals surface area contributed by atoms with Crippen LogP contribution in [0.5, 0.6) is 5.75 Å². The number of ether oxygens (including phenoxy) is 2. The lowest BCUT2D eigenvalue weighted by atomic mass is 9.70. The van der Waals surface area contributed by atoms with Crippen molar-refractivity contribution < 1.29 is 19.1 Å². The first-order chi connectivity index (χ1) is 17.9. The summed E-state index contributed by atoms with van der Waals surface area (Å²) in [5.41, 5.74) is 2.14. The van der Waals surface area contributed by atoms with Gasteiger partial charge in [-0.1, -0.05) is 58.2 Å². The minimum absolute atomic E-state index is 0.0507. The summed E-state index contributed by atoms with van der Waals surface area (Å²) < 4.78 is 12.3. The van der Waals surface area contributed by atoms with E-state index < -0.39 is 6.04 Å². The minimum atomic E-state index is -0.571. The van der Waals surface area contributed by atoms with Gasteiger partial charge in [0, 0.05) is 5.69 Å². The molecule has 2 aromatic rings. The number of aromatic nitrogens is 1. The van der Waals surface area contributed by atoms with E-state index in [0.717, 1.165) is 42.7 Å². The molecule has 1 aromatic heterocycles. The van der Waals surface area contributed by atoms with Crippen LogP contribution in [0.1, 0.15) is 76.6 Å². The SMILES string of the molecule is CCCCCCOc1ccc(C2C3=C(OC4CC(C)C(C)CC4C3=O)C(=O)N2c2cccc(C)n2)cc1. The maximum Gasteiger partial charge on any atom is 0.295 e. The molecule has 3 heterocycles. The molecule has 1 fully saturated rings. The molecule has 0 saturated heterocycles. The van der Waals surface area contributed by atoms with E-state index in [-0.39, 0.29) is 29.5 Å². The largest absolute Gasteiger partial charge is 0.494 e. The first kappa shape index (κ1) is 25.5. The van der Waals surface area contributed by atoms with Crippen molar-refractivity contribution in [2.45, 2.75) is 78.4 Å². The van der Waals surface area contributed by atoms with Crippen molar-refractivity contribution >= 4 is 17.5 Å². The maximum absolute atomic E-state index is 14.0. The van der Waals surface area contributed by atoms with Gasteiger partial charge in [-0.2, -0.15) is 0 Å². The van der Waals surface area contributed by atoms with Crippen LogP contribution in [0, 0.1) is 24.7 Å². The Morgan fingerprint density at radius 1 is 1.00 bits per heavy atom. The number of ketones is 1. The first-order valence-electron chi connectivity index (χ1n) is 13.8. The number of nitrogens with zero attached hydrogens (tertiary/aromatic N) is 2. The van der Waals surface area contributed by atoms with Crippen molar-refractivity contribution in [1.29, 1.82) is 0 Å². The summed E-state index contributed by atoms with van der Waals surface area (Å²) in [7, 11) is 0. The zero-order valence-corrected chi connectivity index (χ0v) is 22.4. The fourth-order valence-corrected chi connectivity index (χ4v) is 5.94. The topological polar surface area (TPSA) is 68.7 Å². The number of anilines is 1. The van der Waals surface area contributed by atoms with Gasteiger partial charge in [0.25, 0.3) is 5.91 Å². The number of benzene rings is 1. The van der Waals surface area contributed by atoms with Gasteiger partial charge < -0.3 is 9.47 Å². The fraction of sp³-hybridized carbons (Fsp3) is 0.516. The van der Waals surface area contributed by atoms with Crippen molar-refractivity contribution in [3.63, 3.8) is 0 Å². The number of unbranched alkanes of at least 4 members (excludes halogenated alkanes) is 3. The quantitative estimate of drug-likeness (QED) is 0.394. The first-order valence-corrected chi connectivity index (χ1v) is 13.8. The van der Waals surface area contributed by atoms with Crippen LogP contribution in [0.15, 0.2) is 53.8 Å². The van der Waals surface area contributed by atoms with Crippen LogP contribution in [-0.4, -0.2) is 29.4 Å². The molecule has 1 aromatic carbocycles. The smallest absolute Gasteiger partial charge is 0.295 e. The highest BCUT2D eigenvalue weighted by molar-refractivity contribution is 6.17. The molecule has 0 N–H and O–H groups in total. The number of carbonyl (C=O) groups excluding carboxylic acids is 2. The fourth-order valence-electron chi connectivity index (χ4n) is 5.94. The maximum atomic E-state index is 14.0. The number of fused-ring (bicyclic) bond motifs is 1. The lowest BCUT2D eigenvalue weighted by molar-refractivity contribution is -0.134. The number of aryl methyl sites for hydroxylation is 1. The second-order valence-corrected chi connectivity index (χ2v) is 11.0. The number of rotatable bonds is 8. The zero-order valence-electron chi connectivity index (χ0n) is 22.4. The third kappa shape index (κ3) is 4.90. The number of Topliss-reactive ketones (excluding diaryl/α,β-unsaturated/α-hetero) is 1. The monoisotopic (exact) mass is 502 g/mol. The Hall–Kier alpha value is -3.15. The van der Waals surface area contributed by atoms with E-state index in [4.69, 9.17) is 9.47 Å². The summed E-state index contributed by atoms with van der Waals surface area (Å²) in [4.78, 5) is 34.1. The Morgan fingerprint density at radius 3 is 2.49 bits per heavy atom. The van der Waals surface area contributed by atoms with Gasteiger partial charge in [0.2, 0.25) is 0 Å². The van der Waals surface area contributed by atoms with Crippen LogP contribution < -0.4 is 9.64 Å². The Balaban J connectivity index is 1.48. The summed E-state index contributed by atoms with van der Waals surface area (Å²) in [6, 6.07) is 12.8. The van der Waals surface area contributed by atoms with Crippen molar-refractivity contribution in [1.82, 2.24) is 4.98 Å². The molecule has 2 aliphatic heterocycles. The second-order valence-electron chi connectivity index (χ2n) is 11.0. The number of pyridine rings is 1. The molecule has 6 nitrogen and oxygen atoms in total. The molecule has 6 heteroatoms. The van der Waals surface area contributed by atoms with E-state index >= 15 is 0 Å². The van der Waals surface area contributed by atoms with Crippen LogP contribution in [0.3, 0.4) is 0 Å². The minimum Gasteiger partial charge on any atom is -0.494 e. The zero-order chi connectivity index (χ0) is 26.1. The van der Waals surface area contributed by atoms with Crippen LogP contribution in [0.25, 0.3) is 0 Å². The van der Waals surface area contributed by atoms with Crippen LogP contribution in [0.2, 0.25) is 0 Å². The molecular weight excluding hydrogens is 464 g/mol. The van der Waals surface area contributed by atoms with Crippen LogP contribution in [-0.2, 0) is 14.3 Å². The van der Waals surface area contributed by atoms with Crippen LogP contribution in [0.4, 0.5) is 5.82 Å². The Kier molecular flexibility index (Phi) is 7.36. The summed E-state index contributed by atoms with van der Waals surface area (Å²) in [6.07, 6.45) is 5.94. The molecule has 37 heavy (non-hydrogen) atoms. The number of carbonyl (C=O) groups is 2. The van der Waals surface area contributed by atoms with E-state index in [1.54, 1.807) is 4.90 Å². The van der Waals surface area contributed by atoms with Gasteiger partial charge >= 0.3 is 0 Å². The molecule has 5 rings (SSSR count). The lowest BCUT2D eigenvalue weighted by Crippen LogP contribution is -2.43. The number of amides is 1. The van der Waals surface area contributed by atoms with Gasteiger partial charge in [0.1, 0.15) is 17.7 Å². The van der Waals surface area contributed by atoms with E-state index in [1.165, 1.54) is 12.8 Å². The molecule has 196 valence electrons. The molecule has 0 bridgehead atoms. The Bertz CT molecular complexity index is 1190. The van der Waals surface area contributed by atoms with Crippen molar-refractivity contribution in [3.05, 3.63) is 65.1 Å².